The van der Waals surface area contributed by atoms with E-state index in [2.05, 4.69) is 15.3 Å². The molecular weight excluding hydrogens is 604 g/mol. The molecule has 0 saturated heterocycles. The topological polar surface area (TPSA) is 116 Å². The maximum Gasteiger partial charge on any atom is 0.419 e. The lowest BCUT2D eigenvalue weighted by molar-refractivity contribution is 0.0540. The van der Waals surface area contributed by atoms with Crippen LogP contribution in [0, 0.1) is 6.92 Å². The highest BCUT2D eigenvalue weighted by Crippen LogP contribution is 2.34. The van der Waals surface area contributed by atoms with Gasteiger partial charge in [0.05, 0.1) is 30.9 Å². The number of carbonyl (C=O) groups excluding carboxylic acids is 1. The van der Waals surface area contributed by atoms with Gasteiger partial charge in [0.1, 0.15) is 10.8 Å². The number of nitrogens with one attached hydrogen (secondary N) is 1. The van der Waals surface area contributed by atoms with Gasteiger partial charge in [-0.15, -0.1) is 0 Å². The maximum atomic E-state index is 14.3. The van der Waals surface area contributed by atoms with Crippen molar-refractivity contribution in [1.82, 2.24) is 23.7 Å². The van der Waals surface area contributed by atoms with Crippen molar-refractivity contribution in [1.29, 1.82) is 0 Å². The van der Waals surface area contributed by atoms with Crippen LogP contribution in [0.1, 0.15) is 43.2 Å². The molecule has 6 rings (SSSR count). The van der Waals surface area contributed by atoms with Gasteiger partial charge in [-0.2, -0.15) is 0 Å². The third-order valence-corrected chi connectivity index (χ3v) is 8.16. The van der Waals surface area contributed by atoms with Gasteiger partial charge in [-0.3, -0.25) is 4.79 Å². The SMILES string of the molecule is CNc1nccn1Cc1cc(-c2cc(CO)cnc2Cl)c2ccn(Cc3cc4c(C)cccc4n3C(=O)OC(C)(C)C)c(=O)c2c1. The highest BCUT2D eigenvalue weighted by molar-refractivity contribution is 6.32. The van der Waals surface area contributed by atoms with Crippen molar-refractivity contribution in [3.63, 3.8) is 0 Å². The summed E-state index contributed by atoms with van der Waals surface area (Å²) in [6.45, 7) is 7.83. The molecule has 10 nitrogen and oxygen atoms in total. The Labute approximate surface area is 270 Å². The van der Waals surface area contributed by atoms with E-state index in [-0.39, 0.29) is 23.9 Å². The highest BCUT2D eigenvalue weighted by atomic mass is 35.5. The molecule has 0 aliphatic heterocycles. The second-order valence-electron chi connectivity index (χ2n) is 12.3. The number of imidazole rings is 1. The summed E-state index contributed by atoms with van der Waals surface area (Å²) in [7, 11) is 1.80. The summed E-state index contributed by atoms with van der Waals surface area (Å²) in [6, 6.07) is 15.2. The number of pyridine rings is 2. The molecule has 0 saturated carbocycles. The zero-order valence-electron chi connectivity index (χ0n) is 26.3. The molecule has 0 atom stereocenters. The van der Waals surface area contributed by atoms with Crippen LogP contribution in [0.5, 0.6) is 0 Å². The summed E-state index contributed by atoms with van der Waals surface area (Å²) in [5.41, 5.74) is 4.18. The number of aliphatic hydroxyl groups is 1. The minimum atomic E-state index is -0.701. The Kier molecular flexibility index (Phi) is 8.18. The number of aliphatic hydroxyl groups excluding tert-OH is 1. The predicted octanol–water partition coefficient (Wildman–Crippen LogP) is 6.59. The van der Waals surface area contributed by atoms with E-state index < -0.39 is 11.7 Å². The van der Waals surface area contributed by atoms with Crippen LogP contribution in [-0.2, 0) is 24.4 Å². The third-order valence-electron chi connectivity index (χ3n) is 7.86. The fraction of sp³-hybridized carbons (Fsp3) is 0.257. The molecule has 11 heteroatoms. The number of benzene rings is 2. The Morgan fingerprint density at radius 1 is 0.957 bits per heavy atom. The van der Waals surface area contributed by atoms with E-state index >= 15 is 0 Å². The Morgan fingerprint density at radius 2 is 1.74 bits per heavy atom. The summed E-state index contributed by atoms with van der Waals surface area (Å²) < 4.78 is 10.9. The standard InChI is InChI=1S/C35H35ClN6O4/c1-21-7-6-8-30-26(21)16-24(42(30)34(45)46-35(2,3)4)19-40-11-9-25-27(28-15-23(20-43)17-39-31(28)36)13-22(14-29(25)32(40)44)18-41-12-10-38-33(41)37-5/h6-17,43H,18-20H2,1-5H3,(H,37,38). The average Bonchev–Trinajstić information content (AvgIpc) is 3.62. The summed E-state index contributed by atoms with van der Waals surface area (Å²) in [4.78, 5) is 36.4. The molecule has 0 aliphatic carbocycles. The van der Waals surface area contributed by atoms with Gasteiger partial charge < -0.3 is 24.3 Å². The number of hydrogen-bond donors (Lipinski definition) is 2. The van der Waals surface area contributed by atoms with E-state index in [1.54, 1.807) is 34.6 Å². The molecular formula is C35H35ClN6O4. The summed E-state index contributed by atoms with van der Waals surface area (Å²) in [5, 5.41) is 15.2. The van der Waals surface area contributed by atoms with Crippen LogP contribution in [0.15, 0.2) is 78.1 Å². The predicted molar refractivity (Wildman–Crippen MR) is 181 cm³/mol. The van der Waals surface area contributed by atoms with E-state index in [1.165, 1.54) is 6.20 Å². The van der Waals surface area contributed by atoms with Gasteiger partial charge in [-0.05, 0) is 91.7 Å². The van der Waals surface area contributed by atoms with E-state index in [4.69, 9.17) is 16.3 Å². The zero-order valence-corrected chi connectivity index (χ0v) is 27.1. The molecule has 0 amide bonds. The van der Waals surface area contributed by atoms with Crippen molar-refractivity contribution < 1.29 is 14.6 Å². The maximum absolute atomic E-state index is 14.3. The number of hydrogen-bond acceptors (Lipinski definition) is 7. The first-order valence-corrected chi connectivity index (χ1v) is 15.3. The first kappa shape index (κ1) is 31.1. The van der Waals surface area contributed by atoms with Gasteiger partial charge in [-0.1, -0.05) is 23.7 Å². The average molecular weight is 639 g/mol. The lowest BCUT2D eigenvalue weighted by Crippen LogP contribution is -2.29. The lowest BCUT2D eigenvalue weighted by Gasteiger charge is -2.21. The fourth-order valence-corrected chi connectivity index (χ4v) is 5.98. The smallest absolute Gasteiger partial charge is 0.419 e. The highest BCUT2D eigenvalue weighted by Gasteiger charge is 2.23. The molecule has 0 aliphatic rings. The molecule has 236 valence electrons. The normalized spacial score (nSPS) is 11.8. The molecule has 2 N–H and O–H groups in total. The number of aryl methyl sites for hydroxylation is 1. The summed E-state index contributed by atoms with van der Waals surface area (Å²) in [5.74, 6) is 0.680. The van der Waals surface area contributed by atoms with Gasteiger partial charge in [0.25, 0.3) is 5.56 Å². The van der Waals surface area contributed by atoms with Crippen LogP contribution >= 0.6 is 11.6 Å². The van der Waals surface area contributed by atoms with Gasteiger partial charge in [0.15, 0.2) is 0 Å². The molecule has 4 aromatic heterocycles. The molecule has 0 unspecified atom stereocenters. The van der Waals surface area contributed by atoms with Crippen molar-refractivity contribution in [2.75, 3.05) is 12.4 Å². The van der Waals surface area contributed by atoms with E-state index in [9.17, 15) is 14.7 Å². The monoisotopic (exact) mass is 638 g/mol. The van der Waals surface area contributed by atoms with Crippen LogP contribution in [0.4, 0.5) is 10.7 Å². The Balaban J connectivity index is 1.53. The van der Waals surface area contributed by atoms with E-state index in [0.717, 1.165) is 16.5 Å². The lowest BCUT2D eigenvalue weighted by atomic mass is 9.96. The zero-order chi connectivity index (χ0) is 32.7. The second kappa shape index (κ2) is 12.1. The van der Waals surface area contributed by atoms with Crippen molar-refractivity contribution in [3.05, 3.63) is 111 Å². The number of ether oxygens (including phenoxy) is 1. The molecule has 6 aromatic rings. The number of anilines is 1. The Morgan fingerprint density at radius 3 is 2.48 bits per heavy atom. The minimum absolute atomic E-state index is 0.134. The quantitative estimate of drug-likeness (QED) is 0.190. The molecule has 0 bridgehead atoms. The number of rotatable bonds is 7. The van der Waals surface area contributed by atoms with Crippen molar-refractivity contribution in [3.8, 4) is 11.1 Å². The van der Waals surface area contributed by atoms with Gasteiger partial charge in [-0.25, -0.2) is 19.3 Å². The molecule has 0 fully saturated rings. The Hall–Kier alpha value is -4.93. The largest absolute Gasteiger partial charge is 0.443 e. The summed E-state index contributed by atoms with van der Waals surface area (Å²) >= 11 is 6.61. The first-order chi connectivity index (χ1) is 22.0. The Bertz CT molecular complexity index is 2170. The van der Waals surface area contributed by atoms with Gasteiger partial charge in [0, 0.05) is 48.2 Å². The fourth-order valence-electron chi connectivity index (χ4n) is 5.77. The van der Waals surface area contributed by atoms with Crippen molar-refractivity contribution in [2.45, 2.75) is 53.0 Å². The number of aromatic nitrogens is 5. The number of nitrogens with zero attached hydrogens (tertiary/aromatic N) is 5. The summed E-state index contributed by atoms with van der Waals surface area (Å²) in [6.07, 6.45) is 6.31. The van der Waals surface area contributed by atoms with Crippen LogP contribution in [0.25, 0.3) is 32.8 Å². The minimum Gasteiger partial charge on any atom is -0.443 e. The van der Waals surface area contributed by atoms with Crippen LogP contribution in [0.2, 0.25) is 5.15 Å². The second-order valence-corrected chi connectivity index (χ2v) is 12.6. The molecule has 2 aromatic carbocycles. The number of fused-ring (bicyclic) bond motifs is 2. The van der Waals surface area contributed by atoms with Crippen molar-refractivity contribution >= 4 is 45.3 Å². The van der Waals surface area contributed by atoms with Crippen LogP contribution < -0.4 is 10.9 Å². The third kappa shape index (κ3) is 5.89. The van der Waals surface area contributed by atoms with E-state index in [0.29, 0.717) is 51.2 Å². The van der Waals surface area contributed by atoms with Crippen LogP contribution in [-0.4, -0.2) is 47.5 Å². The molecule has 4 heterocycles. The molecule has 46 heavy (non-hydrogen) atoms. The number of halogens is 1. The first-order valence-electron chi connectivity index (χ1n) is 14.9. The molecule has 0 radical (unpaired) electrons. The van der Waals surface area contributed by atoms with Crippen LogP contribution in [0.3, 0.4) is 0 Å². The van der Waals surface area contributed by atoms with E-state index in [1.807, 2.05) is 80.9 Å². The van der Waals surface area contributed by atoms with Crippen molar-refractivity contribution in [2.24, 2.45) is 0 Å². The molecule has 0 spiro atoms. The van der Waals surface area contributed by atoms with Gasteiger partial charge in [0.2, 0.25) is 5.95 Å². The van der Waals surface area contributed by atoms with Gasteiger partial charge >= 0.3 is 6.09 Å². The number of carbonyl (C=O) groups is 1.